The van der Waals surface area contributed by atoms with Gasteiger partial charge in [0.25, 0.3) is 5.56 Å². The highest BCUT2D eigenvalue weighted by Gasteiger charge is 2.39. The fourth-order valence-corrected chi connectivity index (χ4v) is 4.25. The van der Waals surface area contributed by atoms with Crippen molar-refractivity contribution in [1.29, 1.82) is 0 Å². The number of piperazine rings is 1. The van der Waals surface area contributed by atoms with Crippen LogP contribution in [0.4, 0.5) is 23.2 Å². The lowest BCUT2D eigenvalue weighted by atomic mass is 10.0. The van der Waals surface area contributed by atoms with Crippen LogP contribution in [0.1, 0.15) is 12.1 Å². The minimum Gasteiger partial charge on any atom is -0.506 e. The highest BCUT2D eigenvalue weighted by Crippen LogP contribution is 2.37. The molecule has 0 spiro atoms. The van der Waals surface area contributed by atoms with Crippen LogP contribution in [0.2, 0.25) is 0 Å². The highest BCUT2D eigenvalue weighted by molar-refractivity contribution is 5.95. The van der Waals surface area contributed by atoms with Gasteiger partial charge in [0.2, 0.25) is 5.91 Å². The lowest BCUT2D eigenvalue weighted by molar-refractivity contribution is -0.142. The molecule has 1 unspecified atom stereocenters. The van der Waals surface area contributed by atoms with E-state index in [9.17, 15) is 32.3 Å². The zero-order valence-electron chi connectivity index (χ0n) is 17.5. The van der Waals surface area contributed by atoms with E-state index < -0.39 is 35.1 Å². The Labute approximate surface area is 186 Å². The fourth-order valence-electron chi connectivity index (χ4n) is 4.25. The monoisotopic (exact) mass is 463 g/mol. The van der Waals surface area contributed by atoms with Crippen LogP contribution in [-0.4, -0.2) is 52.8 Å². The summed E-state index contributed by atoms with van der Waals surface area (Å²) >= 11 is 0. The molecule has 2 aliphatic rings. The van der Waals surface area contributed by atoms with Crippen molar-refractivity contribution in [3.05, 3.63) is 70.9 Å². The summed E-state index contributed by atoms with van der Waals surface area (Å²) in [6.07, 6.45) is -3.63. The Morgan fingerprint density at radius 1 is 1.15 bits per heavy atom. The van der Waals surface area contributed by atoms with Crippen LogP contribution >= 0.6 is 0 Å². The van der Waals surface area contributed by atoms with Crippen molar-refractivity contribution in [1.82, 2.24) is 9.47 Å². The standard InChI is InChI=1S/C23H21F4N3O3/c1-2-20(32)29-11-9-28(10-12-29)17-7-3-5-14-15(17)13-19(23(25,26)27)30(22(14)33)21-16(24)6-4-8-18(21)31/h2-5,7-8,13,16,31H,1,6,9-12H2. The van der Waals surface area contributed by atoms with Crippen LogP contribution in [0.25, 0.3) is 16.5 Å². The highest BCUT2D eigenvalue weighted by atomic mass is 19.4. The SMILES string of the molecule is C=CC(=O)N1CCN(c2cccc3c(=O)n(C4=C(O)C=CCC4F)c(C(F)(F)F)cc23)CC1. The van der Waals surface area contributed by atoms with Gasteiger partial charge in [0.15, 0.2) is 0 Å². The summed E-state index contributed by atoms with van der Waals surface area (Å²) in [5.41, 5.74) is -2.75. The van der Waals surface area contributed by atoms with Crippen molar-refractivity contribution in [2.24, 2.45) is 0 Å². The number of benzene rings is 1. The van der Waals surface area contributed by atoms with Gasteiger partial charge in [-0.15, -0.1) is 0 Å². The minimum absolute atomic E-state index is 0.0350. The second kappa shape index (κ2) is 8.42. The first-order chi connectivity index (χ1) is 15.6. The number of nitrogens with zero attached hydrogens (tertiary/aromatic N) is 3. The van der Waals surface area contributed by atoms with Crippen molar-refractivity contribution < 1.29 is 27.5 Å². The molecule has 1 N–H and O–H groups in total. The second-order valence-corrected chi connectivity index (χ2v) is 7.80. The topological polar surface area (TPSA) is 65.8 Å². The van der Waals surface area contributed by atoms with Gasteiger partial charge in [-0.05, 0) is 30.4 Å². The number of pyridine rings is 1. The molecule has 2 heterocycles. The molecule has 1 aliphatic heterocycles. The summed E-state index contributed by atoms with van der Waals surface area (Å²) < 4.78 is 57.0. The maximum Gasteiger partial charge on any atom is 0.431 e. The maximum atomic E-state index is 14.6. The number of alkyl halides is 4. The van der Waals surface area contributed by atoms with Gasteiger partial charge >= 0.3 is 6.18 Å². The van der Waals surface area contributed by atoms with Crippen LogP contribution in [0.5, 0.6) is 0 Å². The zero-order chi connectivity index (χ0) is 23.9. The lowest BCUT2D eigenvalue weighted by Gasteiger charge is -2.36. The number of hydrogen-bond acceptors (Lipinski definition) is 4. The molecule has 2 aromatic rings. The van der Waals surface area contributed by atoms with Crippen LogP contribution in [0.15, 0.2) is 59.6 Å². The molecular weight excluding hydrogens is 442 g/mol. The van der Waals surface area contributed by atoms with Gasteiger partial charge < -0.3 is 14.9 Å². The van der Waals surface area contributed by atoms with Gasteiger partial charge in [0, 0.05) is 49.1 Å². The zero-order valence-corrected chi connectivity index (χ0v) is 17.5. The number of carbonyl (C=O) groups excluding carboxylic acids is 1. The average molecular weight is 463 g/mol. The molecule has 1 fully saturated rings. The molecule has 4 rings (SSSR count). The Morgan fingerprint density at radius 2 is 1.85 bits per heavy atom. The summed E-state index contributed by atoms with van der Waals surface area (Å²) in [5.74, 6) is -0.954. The number of fused-ring (bicyclic) bond motifs is 1. The molecule has 1 saturated heterocycles. The van der Waals surface area contributed by atoms with Gasteiger partial charge in [-0.2, -0.15) is 13.2 Å². The van der Waals surface area contributed by atoms with Crippen molar-refractivity contribution in [2.45, 2.75) is 18.8 Å². The van der Waals surface area contributed by atoms with Gasteiger partial charge in [-0.25, -0.2) is 4.39 Å². The Bertz CT molecular complexity index is 1240. The molecule has 0 saturated carbocycles. The van der Waals surface area contributed by atoms with Crippen molar-refractivity contribution in [3.8, 4) is 0 Å². The number of carbonyl (C=O) groups is 1. The summed E-state index contributed by atoms with van der Waals surface area (Å²) in [6.45, 7) is 4.86. The van der Waals surface area contributed by atoms with Crippen molar-refractivity contribution >= 4 is 28.1 Å². The summed E-state index contributed by atoms with van der Waals surface area (Å²) in [4.78, 5) is 28.5. The number of amides is 1. The molecule has 1 aromatic carbocycles. The van der Waals surface area contributed by atoms with E-state index in [-0.39, 0.29) is 27.7 Å². The Kier molecular flexibility index (Phi) is 5.77. The minimum atomic E-state index is -4.98. The first-order valence-electron chi connectivity index (χ1n) is 10.3. The number of aliphatic hydroxyl groups is 1. The lowest BCUT2D eigenvalue weighted by Crippen LogP contribution is -2.48. The third kappa shape index (κ3) is 4.01. The molecule has 6 nitrogen and oxygen atoms in total. The Hall–Kier alpha value is -3.56. The number of allylic oxidation sites excluding steroid dienone is 3. The number of hydrogen-bond donors (Lipinski definition) is 1. The summed E-state index contributed by atoms with van der Waals surface area (Å²) in [7, 11) is 0. The van der Waals surface area contributed by atoms with E-state index in [1.54, 1.807) is 21.9 Å². The van der Waals surface area contributed by atoms with E-state index in [2.05, 4.69) is 6.58 Å². The van der Waals surface area contributed by atoms with E-state index in [0.717, 1.165) is 12.1 Å². The molecular formula is C23H21F4N3O3. The van der Waals surface area contributed by atoms with Crippen LogP contribution in [0.3, 0.4) is 0 Å². The van der Waals surface area contributed by atoms with Crippen molar-refractivity contribution in [2.75, 3.05) is 31.1 Å². The number of rotatable bonds is 3. The number of halogens is 4. The predicted molar refractivity (Wildman–Crippen MR) is 117 cm³/mol. The van der Waals surface area contributed by atoms with E-state index in [4.69, 9.17) is 0 Å². The third-order valence-electron chi connectivity index (χ3n) is 5.85. The van der Waals surface area contributed by atoms with Crippen LogP contribution in [0, 0.1) is 0 Å². The molecule has 10 heteroatoms. The van der Waals surface area contributed by atoms with E-state index in [1.807, 2.05) is 0 Å². The third-order valence-corrected chi connectivity index (χ3v) is 5.85. The van der Waals surface area contributed by atoms with Gasteiger partial charge in [-0.3, -0.25) is 14.2 Å². The first-order valence-corrected chi connectivity index (χ1v) is 10.3. The van der Waals surface area contributed by atoms with Gasteiger partial charge in [-0.1, -0.05) is 18.7 Å². The first kappa shape index (κ1) is 22.6. The normalized spacial score (nSPS) is 19.3. The molecule has 0 radical (unpaired) electrons. The number of anilines is 1. The molecule has 1 amide bonds. The van der Waals surface area contributed by atoms with Gasteiger partial charge in [0.1, 0.15) is 23.3 Å². The van der Waals surface area contributed by atoms with E-state index in [0.29, 0.717) is 31.9 Å². The van der Waals surface area contributed by atoms with Crippen LogP contribution in [-0.2, 0) is 11.0 Å². The van der Waals surface area contributed by atoms with E-state index >= 15 is 0 Å². The molecule has 1 aliphatic carbocycles. The largest absolute Gasteiger partial charge is 0.506 e. The number of aromatic nitrogens is 1. The summed E-state index contributed by atoms with van der Waals surface area (Å²) in [5, 5.41) is 10.1. The fraction of sp³-hybridized carbons (Fsp3) is 0.304. The smallest absolute Gasteiger partial charge is 0.431 e. The quantitative estimate of drug-likeness (QED) is 0.554. The molecule has 1 atom stereocenters. The van der Waals surface area contributed by atoms with Crippen molar-refractivity contribution in [3.63, 3.8) is 0 Å². The van der Waals surface area contributed by atoms with Crippen LogP contribution < -0.4 is 10.5 Å². The van der Waals surface area contributed by atoms with E-state index in [1.165, 1.54) is 18.2 Å². The average Bonchev–Trinajstić information content (AvgIpc) is 2.78. The summed E-state index contributed by atoms with van der Waals surface area (Å²) in [6, 6.07) is 5.34. The molecule has 0 bridgehead atoms. The molecule has 1 aromatic heterocycles. The maximum absolute atomic E-state index is 14.6. The number of aliphatic hydroxyl groups excluding tert-OH is 1. The Balaban J connectivity index is 1.89. The Morgan fingerprint density at radius 3 is 2.45 bits per heavy atom. The second-order valence-electron chi connectivity index (χ2n) is 7.80. The predicted octanol–water partition coefficient (Wildman–Crippen LogP) is 3.88. The molecule has 174 valence electrons. The molecule has 33 heavy (non-hydrogen) atoms. The van der Waals surface area contributed by atoms with Gasteiger partial charge in [0.05, 0.1) is 0 Å².